The van der Waals surface area contributed by atoms with Crippen molar-refractivity contribution >= 4 is 5.91 Å². The second kappa shape index (κ2) is 7.39. The van der Waals surface area contributed by atoms with E-state index < -0.39 is 0 Å². The molecule has 20 heavy (non-hydrogen) atoms. The number of rotatable bonds is 5. The van der Waals surface area contributed by atoms with Crippen molar-refractivity contribution in [2.24, 2.45) is 0 Å². The Kier molecular flexibility index (Phi) is 5.53. The van der Waals surface area contributed by atoms with Crippen LogP contribution in [0.15, 0.2) is 24.3 Å². The number of carbonyl (C=O) groups excluding carboxylic acids is 1. The lowest BCUT2D eigenvalue weighted by Crippen LogP contribution is -2.46. The Hall–Kier alpha value is -1.42. The third-order valence-electron chi connectivity index (χ3n) is 3.89. The molecule has 2 rings (SSSR count). The van der Waals surface area contributed by atoms with Gasteiger partial charge in [0.25, 0.3) is 0 Å². The Morgan fingerprint density at radius 1 is 1.40 bits per heavy atom. The highest BCUT2D eigenvalue weighted by molar-refractivity contribution is 5.78. The Morgan fingerprint density at radius 2 is 2.20 bits per heavy atom. The summed E-state index contributed by atoms with van der Waals surface area (Å²) in [5.74, 6) is -0.294. The van der Waals surface area contributed by atoms with Gasteiger partial charge in [0.1, 0.15) is 5.82 Å². The van der Waals surface area contributed by atoms with Crippen molar-refractivity contribution in [3.05, 3.63) is 35.6 Å². The van der Waals surface area contributed by atoms with Crippen molar-refractivity contribution in [3.8, 4) is 0 Å². The van der Waals surface area contributed by atoms with E-state index in [4.69, 9.17) is 0 Å². The number of hydrogen-bond acceptors (Lipinski definition) is 2. The first-order chi connectivity index (χ1) is 9.70. The quantitative estimate of drug-likeness (QED) is 0.896. The molecule has 1 aliphatic rings. The van der Waals surface area contributed by atoms with Crippen LogP contribution in [-0.4, -0.2) is 36.5 Å². The average molecular weight is 278 g/mol. The summed E-state index contributed by atoms with van der Waals surface area (Å²) in [5, 5.41) is 3.45. The number of carbonyl (C=O) groups is 1. The van der Waals surface area contributed by atoms with Gasteiger partial charge in [0.2, 0.25) is 5.91 Å². The van der Waals surface area contributed by atoms with Crippen molar-refractivity contribution in [3.63, 3.8) is 0 Å². The molecule has 1 N–H and O–H groups in total. The number of likely N-dealkylation sites (N-methyl/N-ethyl adjacent to an activating group) is 1. The van der Waals surface area contributed by atoms with E-state index in [9.17, 15) is 9.18 Å². The van der Waals surface area contributed by atoms with Gasteiger partial charge in [0.15, 0.2) is 0 Å². The largest absolute Gasteiger partial charge is 0.341 e. The summed E-state index contributed by atoms with van der Waals surface area (Å²) in [4.78, 5) is 14.1. The lowest BCUT2D eigenvalue weighted by Gasteiger charge is -2.30. The fraction of sp³-hybridized carbons (Fsp3) is 0.562. The van der Waals surface area contributed by atoms with Gasteiger partial charge in [-0.25, -0.2) is 4.39 Å². The first kappa shape index (κ1) is 15.0. The molecule has 1 saturated heterocycles. The molecule has 0 saturated carbocycles. The second-order valence-corrected chi connectivity index (χ2v) is 5.35. The number of nitrogens with zero attached hydrogens (tertiary/aromatic N) is 1. The number of benzene rings is 1. The minimum Gasteiger partial charge on any atom is -0.341 e. The molecule has 1 aromatic carbocycles. The van der Waals surface area contributed by atoms with Crippen LogP contribution in [0.5, 0.6) is 0 Å². The van der Waals surface area contributed by atoms with E-state index in [0.29, 0.717) is 18.2 Å². The summed E-state index contributed by atoms with van der Waals surface area (Å²) in [7, 11) is 0. The predicted molar refractivity (Wildman–Crippen MR) is 78.0 cm³/mol. The molecule has 0 aliphatic carbocycles. The third-order valence-corrected chi connectivity index (χ3v) is 3.89. The maximum absolute atomic E-state index is 13.6. The fourth-order valence-corrected chi connectivity index (χ4v) is 2.67. The highest BCUT2D eigenvalue weighted by Crippen LogP contribution is 2.12. The average Bonchev–Trinajstić information content (AvgIpc) is 2.48. The van der Waals surface area contributed by atoms with Crippen molar-refractivity contribution in [2.75, 3.05) is 19.6 Å². The zero-order valence-electron chi connectivity index (χ0n) is 12.1. The first-order valence-corrected chi connectivity index (χ1v) is 7.45. The minimum atomic E-state index is -0.298. The molecule has 3 nitrogen and oxygen atoms in total. The van der Waals surface area contributed by atoms with Gasteiger partial charge >= 0.3 is 0 Å². The molecule has 0 spiro atoms. The van der Waals surface area contributed by atoms with E-state index in [1.165, 1.54) is 18.9 Å². The standard InChI is InChI=1S/C16H23FN2O/c1-2-19(12-14-8-5-6-10-18-14)16(20)11-13-7-3-4-9-15(13)17/h3-4,7,9,14,18H,2,5-6,8,10-12H2,1H3. The van der Waals surface area contributed by atoms with Crippen LogP contribution in [0.1, 0.15) is 31.7 Å². The lowest BCUT2D eigenvalue weighted by atomic mass is 10.0. The first-order valence-electron chi connectivity index (χ1n) is 7.45. The van der Waals surface area contributed by atoms with Gasteiger partial charge < -0.3 is 10.2 Å². The van der Waals surface area contributed by atoms with Gasteiger partial charge in [0, 0.05) is 19.1 Å². The molecule has 4 heteroatoms. The van der Waals surface area contributed by atoms with Gasteiger partial charge in [-0.05, 0) is 37.9 Å². The number of nitrogens with one attached hydrogen (secondary N) is 1. The van der Waals surface area contributed by atoms with E-state index in [1.807, 2.05) is 11.8 Å². The molecule has 1 unspecified atom stereocenters. The fourth-order valence-electron chi connectivity index (χ4n) is 2.67. The summed E-state index contributed by atoms with van der Waals surface area (Å²) >= 11 is 0. The Bertz CT molecular complexity index is 444. The third kappa shape index (κ3) is 4.04. The zero-order chi connectivity index (χ0) is 14.4. The molecule has 1 heterocycles. The molecule has 0 radical (unpaired) electrons. The van der Waals surface area contributed by atoms with Crippen LogP contribution in [0.25, 0.3) is 0 Å². The second-order valence-electron chi connectivity index (χ2n) is 5.35. The highest BCUT2D eigenvalue weighted by Gasteiger charge is 2.20. The Morgan fingerprint density at radius 3 is 2.85 bits per heavy atom. The maximum Gasteiger partial charge on any atom is 0.227 e. The van der Waals surface area contributed by atoms with Gasteiger partial charge in [0.05, 0.1) is 6.42 Å². The predicted octanol–water partition coefficient (Wildman–Crippen LogP) is 2.36. The zero-order valence-corrected chi connectivity index (χ0v) is 12.1. The van der Waals surface area contributed by atoms with Crippen LogP contribution in [0.4, 0.5) is 4.39 Å². The molecule has 110 valence electrons. The van der Waals surface area contributed by atoms with E-state index in [2.05, 4.69) is 5.32 Å². The number of piperidine rings is 1. The van der Waals surface area contributed by atoms with Crippen molar-refractivity contribution < 1.29 is 9.18 Å². The SMILES string of the molecule is CCN(CC1CCCCN1)C(=O)Cc1ccccc1F. The molecular weight excluding hydrogens is 255 g/mol. The molecule has 1 aromatic rings. The molecule has 0 bridgehead atoms. The minimum absolute atomic E-state index is 0.00461. The highest BCUT2D eigenvalue weighted by atomic mass is 19.1. The summed E-state index contributed by atoms with van der Waals surface area (Å²) < 4.78 is 13.6. The molecule has 1 amide bonds. The van der Waals surface area contributed by atoms with Crippen molar-refractivity contribution in [1.29, 1.82) is 0 Å². The number of hydrogen-bond donors (Lipinski definition) is 1. The molecule has 1 fully saturated rings. The van der Waals surface area contributed by atoms with E-state index in [-0.39, 0.29) is 18.1 Å². The number of amides is 1. The smallest absolute Gasteiger partial charge is 0.227 e. The topological polar surface area (TPSA) is 32.3 Å². The van der Waals surface area contributed by atoms with E-state index in [1.54, 1.807) is 18.2 Å². The van der Waals surface area contributed by atoms with Gasteiger partial charge in [-0.2, -0.15) is 0 Å². The molecule has 1 aliphatic heterocycles. The van der Waals surface area contributed by atoms with E-state index in [0.717, 1.165) is 19.5 Å². The van der Waals surface area contributed by atoms with Crippen LogP contribution < -0.4 is 5.32 Å². The van der Waals surface area contributed by atoms with Crippen LogP contribution in [-0.2, 0) is 11.2 Å². The Labute approximate surface area is 120 Å². The normalized spacial score (nSPS) is 18.8. The summed E-state index contributed by atoms with van der Waals surface area (Å²) in [5.41, 5.74) is 0.479. The van der Waals surface area contributed by atoms with Gasteiger partial charge in [-0.1, -0.05) is 24.6 Å². The van der Waals surface area contributed by atoms with E-state index >= 15 is 0 Å². The summed E-state index contributed by atoms with van der Waals surface area (Å²) in [6.45, 7) is 4.40. The lowest BCUT2D eigenvalue weighted by molar-refractivity contribution is -0.130. The summed E-state index contributed by atoms with van der Waals surface area (Å²) in [6, 6.07) is 6.88. The van der Waals surface area contributed by atoms with Crippen LogP contribution >= 0.6 is 0 Å². The monoisotopic (exact) mass is 278 g/mol. The molecular formula is C16H23FN2O. The van der Waals surface area contributed by atoms with Gasteiger partial charge in [-0.15, -0.1) is 0 Å². The maximum atomic E-state index is 13.6. The molecule has 0 aromatic heterocycles. The van der Waals surface area contributed by atoms with Gasteiger partial charge in [-0.3, -0.25) is 4.79 Å². The van der Waals surface area contributed by atoms with Crippen LogP contribution in [0.2, 0.25) is 0 Å². The van der Waals surface area contributed by atoms with Crippen LogP contribution in [0.3, 0.4) is 0 Å². The van der Waals surface area contributed by atoms with Crippen molar-refractivity contribution in [2.45, 2.75) is 38.6 Å². The summed E-state index contributed by atoms with van der Waals surface area (Å²) in [6.07, 6.45) is 3.69. The van der Waals surface area contributed by atoms with Crippen molar-refractivity contribution in [1.82, 2.24) is 10.2 Å². The number of halogens is 1. The molecule has 1 atom stereocenters. The van der Waals surface area contributed by atoms with Crippen LogP contribution in [0, 0.1) is 5.82 Å². The Balaban J connectivity index is 1.93.